The van der Waals surface area contributed by atoms with E-state index >= 15 is 0 Å². The zero-order valence-electron chi connectivity index (χ0n) is 26.0. The molecule has 2 rings (SSSR count). The molecule has 0 saturated carbocycles. The number of likely N-dealkylation sites (N-methyl/N-ethyl adjacent to an activating group) is 1. The van der Waals surface area contributed by atoms with Crippen molar-refractivity contribution in [2.24, 2.45) is 11.8 Å². The fourth-order valence-corrected chi connectivity index (χ4v) is 3.88. The first-order valence-electron chi connectivity index (χ1n) is 14.0. The number of esters is 1. The van der Waals surface area contributed by atoms with E-state index in [1.54, 1.807) is 27.3 Å². The van der Waals surface area contributed by atoms with Gasteiger partial charge in [0.15, 0.2) is 5.69 Å². The molecule has 2 aromatic rings. The van der Waals surface area contributed by atoms with Crippen LogP contribution in [-0.2, 0) is 20.9 Å². The summed E-state index contributed by atoms with van der Waals surface area (Å²) in [4.78, 5) is 34.5. The lowest BCUT2D eigenvalue weighted by molar-refractivity contribution is -0.139. The summed E-state index contributed by atoms with van der Waals surface area (Å²) in [5.41, 5.74) is 1.77. The number of benzene rings is 1. The summed E-state index contributed by atoms with van der Waals surface area (Å²) in [5.74, 6) is 1.39. The minimum absolute atomic E-state index is 0.234. The maximum absolute atomic E-state index is 12.9. The van der Waals surface area contributed by atoms with E-state index in [1.807, 2.05) is 50.6 Å². The van der Waals surface area contributed by atoms with E-state index in [4.69, 9.17) is 9.47 Å². The standard InChI is InChI=1S/C24H35N3O4.C4H9NO2.C2H6/c1-7-17(8-2)14-27-20(23-21(30-5)10-9-11-22(23)31-6)13-19(26-27)24(29)25-18(15-28)12-16(3)4;1-5-3-4(6)7-2;1-2/h9-11,13,15-18H,7-8,12,14H2,1-6H3,(H,25,29);5H,3H2,1-2H3;1-2H3/t18-;;/m0../s1. The maximum atomic E-state index is 12.9. The van der Waals surface area contributed by atoms with Gasteiger partial charge in [0.2, 0.25) is 0 Å². The molecule has 1 heterocycles. The molecule has 0 spiro atoms. The summed E-state index contributed by atoms with van der Waals surface area (Å²) in [6, 6.07) is 6.78. The Morgan fingerprint density at radius 3 is 2.02 bits per heavy atom. The molecular formula is C30H50N4O6. The molecule has 0 fully saturated rings. The molecule has 10 heteroatoms. The molecule has 0 unspecified atom stereocenters. The second kappa shape index (κ2) is 20.5. The van der Waals surface area contributed by atoms with Gasteiger partial charge >= 0.3 is 5.97 Å². The van der Waals surface area contributed by atoms with Gasteiger partial charge in [-0.05, 0) is 43.5 Å². The van der Waals surface area contributed by atoms with Gasteiger partial charge in [-0.15, -0.1) is 0 Å². The highest BCUT2D eigenvalue weighted by Gasteiger charge is 2.24. The van der Waals surface area contributed by atoms with Crippen LogP contribution >= 0.6 is 0 Å². The molecule has 0 aliphatic rings. The number of carbonyl (C=O) groups is 3. The van der Waals surface area contributed by atoms with Crippen molar-refractivity contribution in [1.29, 1.82) is 0 Å². The third-order valence-corrected chi connectivity index (χ3v) is 6.04. The Morgan fingerprint density at radius 2 is 1.62 bits per heavy atom. The minimum atomic E-state index is -0.541. The fraction of sp³-hybridized carbons (Fsp3) is 0.600. The van der Waals surface area contributed by atoms with Crippen molar-refractivity contribution >= 4 is 18.2 Å². The highest BCUT2D eigenvalue weighted by Crippen LogP contribution is 2.39. The van der Waals surface area contributed by atoms with E-state index in [0.717, 1.165) is 30.4 Å². The third-order valence-electron chi connectivity index (χ3n) is 6.04. The van der Waals surface area contributed by atoms with Crippen molar-refractivity contribution in [3.05, 3.63) is 30.0 Å². The number of methoxy groups -OCH3 is 3. The van der Waals surface area contributed by atoms with Gasteiger partial charge in [0.25, 0.3) is 5.91 Å². The lowest BCUT2D eigenvalue weighted by Gasteiger charge is -2.17. The van der Waals surface area contributed by atoms with Crippen LogP contribution in [0.2, 0.25) is 0 Å². The number of carbonyl (C=O) groups excluding carboxylic acids is 3. The Bertz CT molecular complexity index is 995. The summed E-state index contributed by atoms with van der Waals surface area (Å²) in [6.07, 6.45) is 3.37. The van der Waals surface area contributed by atoms with Gasteiger partial charge in [0, 0.05) is 6.54 Å². The number of hydrogen-bond donors (Lipinski definition) is 2. The highest BCUT2D eigenvalue weighted by molar-refractivity contribution is 5.95. The molecule has 10 nitrogen and oxygen atoms in total. The van der Waals surface area contributed by atoms with Gasteiger partial charge < -0.3 is 29.6 Å². The Labute approximate surface area is 240 Å². The highest BCUT2D eigenvalue weighted by atomic mass is 16.5. The van der Waals surface area contributed by atoms with Gasteiger partial charge in [0.1, 0.15) is 17.8 Å². The normalized spacial score (nSPS) is 11.0. The van der Waals surface area contributed by atoms with E-state index in [2.05, 4.69) is 34.3 Å². The Balaban J connectivity index is 0.00000147. The van der Waals surface area contributed by atoms with Crippen LogP contribution in [-0.4, -0.2) is 68.9 Å². The molecule has 1 atom stereocenters. The number of aldehydes is 1. The molecule has 0 saturated heterocycles. The number of amides is 1. The second-order valence-electron chi connectivity index (χ2n) is 9.27. The molecule has 40 heavy (non-hydrogen) atoms. The lowest BCUT2D eigenvalue weighted by Crippen LogP contribution is -2.37. The van der Waals surface area contributed by atoms with Crippen LogP contribution in [0.15, 0.2) is 24.3 Å². The number of nitrogens with one attached hydrogen (secondary N) is 2. The topological polar surface area (TPSA) is 121 Å². The number of ether oxygens (including phenoxy) is 3. The Kier molecular flexibility index (Phi) is 18.8. The third kappa shape index (κ3) is 11.8. The van der Waals surface area contributed by atoms with E-state index in [9.17, 15) is 14.4 Å². The van der Waals surface area contributed by atoms with Gasteiger partial charge in [-0.1, -0.05) is 60.5 Å². The molecular weight excluding hydrogens is 512 g/mol. The summed E-state index contributed by atoms with van der Waals surface area (Å²) >= 11 is 0. The van der Waals surface area contributed by atoms with E-state index in [-0.39, 0.29) is 30.0 Å². The zero-order chi connectivity index (χ0) is 30.7. The van der Waals surface area contributed by atoms with Crippen LogP contribution < -0.4 is 20.1 Å². The molecule has 0 radical (unpaired) electrons. The van der Waals surface area contributed by atoms with Crippen molar-refractivity contribution in [3.63, 3.8) is 0 Å². The van der Waals surface area contributed by atoms with Crippen molar-refractivity contribution < 1.29 is 28.6 Å². The summed E-state index contributed by atoms with van der Waals surface area (Å²) < 4.78 is 17.3. The van der Waals surface area contributed by atoms with E-state index in [1.165, 1.54) is 7.11 Å². The van der Waals surface area contributed by atoms with Crippen LogP contribution in [0.5, 0.6) is 11.5 Å². The number of rotatable bonds is 14. The van der Waals surface area contributed by atoms with Crippen molar-refractivity contribution in [2.75, 3.05) is 34.9 Å². The average molecular weight is 563 g/mol. The molecule has 1 aromatic heterocycles. The first-order chi connectivity index (χ1) is 19.2. The summed E-state index contributed by atoms with van der Waals surface area (Å²) in [5, 5.41) is 10.1. The summed E-state index contributed by atoms with van der Waals surface area (Å²) in [7, 11) is 6.26. The Morgan fingerprint density at radius 1 is 1.05 bits per heavy atom. The van der Waals surface area contributed by atoms with E-state index in [0.29, 0.717) is 30.4 Å². The molecule has 1 aromatic carbocycles. The molecule has 226 valence electrons. The van der Waals surface area contributed by atoms with Gasteiger partial charge in [-0.25, -0.2) is 0 Å². The van der Waals surface area contributed by atoms with Gasteiger partial charge in [-0.3, -0.25) is 14.3 Å². The molecule has 0 aliphatic carbocycles. The monoisotopic (exact) mass is 562 g/mol. The Hall–Kier alpha value is -3.40. The largest absolute Gasteiger partial charge is 0.496 e. The predicted molar refractivity (Wildman–Crippen MR) is 159 cm³/mol. The van der Waals surface area contributed by atoms with Gasteiger partial charge in [0.05, 0.1) is 45.2 Å². The summed E-state index contributed by atoms with van der Waals surface area (Å²) in [6.45, 7) is 13.3. The smallest absolute Gasteiger partial charge is 0.319 e. The lowest BCUT2D eigenvalue weighted by atomic mass is 10.0. The van der Waals surface area contributed by atoms with Crippen molar-refractivity contribution in [1.82, 2.24) is 20.4 Å². The van der Waals surface area contributed by atoms with Crippen LogP contribution in [0, 0.1) is 11.8 Å². The second-order valence-corrected chi connectivity index (χ2v) is 9.27. The average Bonchev–Trinajstić information content (AvgIpc) is 3.39. The quantitative estimate of drug-likeness (QED) is 0.250. The van der Waals surface area contributed by atoms with Crippen LogP contribution in [0.3, 0.4) is 0 Å². The molecule has 0 bridgehead atoms. The minimum Gasteiger partial charge on any atom is -0.496 e. The zero-order valence-corrected chi connectivity index (χ0v) is 26.0. The molecule has 2 N–H and O–H groups in total. The van der Waals surface area contributed by atoms with Crippen LogP contribution in [0.25, 0.3) is 11.3 Å². The first kappa shape index (κ1) is 36.6. The van der Waals surface area contributed by atoms with Crippen LogP contribution in [0.4, 0.5) is 0 Å². The van der Waals surface area contributed by atoms with Crippen molar-refractivity contribution in [2.45, 2.75) is 73.4 Å². The number of nitrogens with zero attached hydrogens (tertiary/aromatic N) is 2. The van der Waals surface area contributed by atoms with E-state index < -0.39 is 6.04 Å². The SMILES string of the molecule is CC.CCC(CC)Cn1nc(C(=O)N[C@H](C=O)CC(C)C)cc1-c1c(OC)cccc1OC.CNCC(=O)OC. The number of hydrogen-bond acceptors (Lipinski definition) is 8. The van der Waals surface area contributed by atoms with Gasteiger partial charge in [-0.2, -0.15) is 5.10 Å². The first-order valence-corrected chi connectivity index (χ1v) is 14.0. The predicted octanol–water partition coefficient (Wildman–Crippen LogP) is 4.75. The maximum Gasteiger partial charge on any atom is 0.319 e. The number of aromatic nitrogens is 2. The van der Waals surface area contributed by atoms with Crippen molar-refractivity contribution in [3.8, 4) is 22.8 Å². The van der Waals surface area contributed by atoms with Crippen LogP contribution in [0.1, 0.15) is 71.3 Å². The molecule has 0 aliphatic heterocycles. The fourth-order valence-electron chi connectivity index (χ4n) is 3.88. The molecule has 1 amide bonds.